The molecule has 0 bridgehead atoms. The second kappa shape index (κ2) is 8.36. The molecule has 0 aliphatic rings. The number of amides is 1. The molecule has 1 rings (SSSR count). The molecule has 1 aromatic rings. The third-order valence-corrected chi connectivity index (χ3v) is 2.87. The fourth-order valence-corrected chi connectivity index (χ4v) is 1.86. The first-order valence-corrected chi connectivity index (χ1v) is 7.34. The smallest absolute Gasteiger partial charge is 0.407 e. The lowest BCUT2D eigenvalue weighted by atomic mass is 10.0. The van der Waals surface area contributed by atoms with E-state index in [9.17, 15) is 14.4 Å². The Morgan fingerprint density at radius 2 is 2.00 bits per heavy atom. The lowest BCUT2D eigenvalue weighted by molar-refractivity contribution is -0.140. The Morgan fingerprint density at radius 3 is 2.52 bits per heavy atom. The third-order valence-electron chi connectivity index (χ3n) is 2.87. The molecule has 1 atom stereocenters. The number of hydrogen-bond donors (Lipinski definition) is 1. The van der Waals surface area contributed by atoms with Crippen LogP contribution in [0.3, 0.4) is 0 Å². The highest BCUT2D eigenvalue weighted by molar-refractivity contribution is 5.94. The number of carbonyl (C=O) groups is 3. The summed E-state index contributed by atoms with van der Waals surface area (Å²) in [6.45, 7) is 5.22. The van der Waals surface area contributed by atoms with Gasteiger partial charge in [-0.05, 0) is 39.3 Å². The predicted octanol–water partition coefficient (Wildman–Crippen LogP) is 2.70. The molecule has 0 fully saturated rings. The molecule has 0 aromatic carbocycles. The van der Waals surface area contributed by atoms with Gasteiger partial charge in [-0.15, -0.1) is 0 Å². The van der Waals surface area contributed by atoms with Crippen LogP contribution in [0.1, 0.15) is 50.6 Å². The molecule has 1 aromatic heterocycles. The Bertz CT molecular complexity index is 529. The van der Waals surface area contributed by atoms with Crippen LogP contribution in [0.5, 0.6) is 0 Å². The first-order valence-electron chi connectivity index (χ1n) is 7.34. The molecular weight excluding hydrogens is 302 g/mol. The molecule has 0 spiro atoms. The molecule has 7 nitrogen and oxygen atoms in total. The number of carbonyl (C=O) groups excluding carboxylic acids is 3. The van der Waals surface area contributed by atoms with Crippen molar-refractivity contribution in [3.63, 3.8) is 0 Å². The van der Waals surface area contributed by atoms with Crippen LogP contribution in [0, 0.1) is 0 Å². The highest BCUT2D eigenvalue weighted by atomic mass is 16.6. The Hall–Kier alpha value is -2.31. The van der Waals surface area contributed by atoms with E-state index in [1.54, 1.807) is 32.9 Å². The summed E-state index contributed by atoms with van der Waals surface area (Å²) in [4.78, 5) is 35.2. The quantitative estimate of drug-likeness (QED) is 0.612. The van der Waals surface area contributed by atoms with Crippen LogP contribution >= 0.6 is 0 Å². The summed E-state index contributed by atoms with van der Waals surface area (Å²) in [5.74, 6) is -0.466. The summed E-state index contributed by atoms with van der Waals surface area (Å²) in [6, 6.07) is 2.60. The van der Waals surface area contributed by atoms with Gasteiger partial charge >= 0.3 is 12.1 Å². The molecule has 7 heteroatoms. The van der Waals surface area contributed by atoms with Gasteiger partial charge in [-0.2, -0.15) is 0 Å². The number of rotatable bonds is 7. The summed E-state index contributed by atoms with van der Waals surface area (Å²) < 4.78 is 14.8. The van der Waals surface area contributed by atoms with Crippen molar-refractivity contribution in [1.29, 1.82) is 0 Å². The van der Waals surface area contributed by atoms with Gasteiger partial charge in [0, 0.05) is 18.9 Å². The third kappa shape index (κ3) is 7.49. The maximum atomic E-state index is 12.1. The molecule has 0 radical (unpaired) electrons. The normalized spacial score (nSPS) is 12.3. The zero-order valence-corrected chi connectivity index (χ0v) is 13.9. The van der Waals surface area contributed by atoms with Gasteiger partial charge in [0.05, 0.1) is 13.4 Å². The predicted molar refractivity (Wildman–Crippen MR) is 82.1 cm³/mol. The molecule has 0 saturated heterocycles. The average molecular weight is 325 g/mol. The number of furan rings is 1. The minimum Gasteiger partial charge on any atom is -0.469 e. The molecule has 1 N–H and O–H groups in total. The number of methoxy groups -OCH3 is 1. The summed E-state index contributed by atoms with van der Waals surface area (Å²) in [5.41, 5.74) is -0.651. The number of Topliss-reactive ketones (excluding diaryl/α,β-unsaturated/α-hetero) is 1. The maximum absolute atomic E-state index is 12.1. The van der Waals surface area contributed by atoms with E-state index in [0.29, 0.717) is 0 Å². The Morgan fingerprint density at radius 1 is 1.30 bits per heavy atom. The monoisotopic (exact) mass is 325 g/mol. The van der Waals surface area contributed by atoms with Gasteiger partial charge in [0.15, 0.2) is 11.5 Å². The Balaban J connectivity index is 2.66. The lowest BCUT2D eigenvalue weighted by Crippen LogP contribution is -2.40. The van der Waals surface area contributed by atoms with Crippen molar-refractivity contribution in [3.05, 3.63) is 24.2 Å². The Kier molecular flexibility index (Phi) is 6.81. The van der Waals surface area contributed by atoms with Gasteiger partial charge in [0.25, 0.3) is 0 Å². The van der Waals surface area contributed by atoms with E-state index in [1.165, 1.54) is 13.4 Å². The molecule has 1 heterocycles. The number of alkyl carbamates (subject to hydrolysis) is 1. The Labute approximate surface area is 135 Å². The first-order chi connectivity index (χ1) is 10.7. The van der Waals surface area contributed by atoms with Crippen molar-refractivity contribution in [1.82, 2.24) is 5.32 Å². The summed E-state index contributed by atoms with van der Waals surface area (Å²) in [7, 11) is 1.28. The zero-order valence-electron chi connectivity index (χ0n) is 13.9. The first kappa shape index (κ1) is 18.7. The number of nitrogens with one attached hydrogen (secondary N) is 1. The van der Waals surface area contributed by atoms with Crippen molar-refractivity contribution in [2.75, 3.05) is 7.11 Å². The topological polar surface area (TPSA) is 94.8 Å². The van der Waals surface area contributed by atoms with Crippen molar-refractivity contribution in [3.8, 4) is 0 Å². The number of ether oxygens (including phenoxy) is 2. The minimum absolute atomic E-state index is 0.00372. The van der Waals surface area contributed by atoms with E-state index in [-0.39, 0.29) is 30.8 Å². The van der Waals surface area contributed by atoms with Crippen molar-refractivity contribution in [2.24, 2.45) is 0 Å². The van der Waals surface area contributed by atoms with Gasteiger partial charge < -0.3 is 19.2 Å². The summed E-state index contributed by atoms with van der Waals surface area (Å²) in [6.07, 6.45) is 1.11. The van der Waals surface area contributed by atoms with Gasteiger partial charge in [0.1, 0.15) is 5.60 Å². The maximum Gasteiger partial charge on any atom is 0.407 e. The number of ketones is 1. The lowest BCUT2D eigenvalue weighted by Gasteiger charge is -2.23. The van der Waals surface area contributed by atoms with Gasteiger partial charge in [0.2, 0.25) is 0 Å². The van der Waals surface area contributed by atoms with Gasteiger partial charge in [-0.25, -0.2) is 4.79 Å². The molecular formula is C16H23NO6. The molecule has 0 unspecified atom stereocenters. The SMILES string of the molecule is COC(=O)CC[C@H](CC(=O)c1ccco1)NC(=O)OC(C)(C)C. The van der Waals surface area contributed by atoms with E-state index in [2.05, 4.69) is 10.1 Å². The van der Waals surface area contributed by atoms with Crippen LogP contribution in [0.15, 0.2) is 22.8 Å². The van der Waals surface area contributed by atoms with E-state index >= 15 is 0 Å². The van der Waals surface area contributed by atoms with Crippen LogP contribution in [-0.4, -0.2) is 36.6 Å². The van der Waals surface area contributed by atoms with Crippen molar-refractivity contribution >= 4 is 17.8 Å². The molecule has 128 valence electrons. The van der Waals surface area contributed by atoms with Crippen LogP contribution in [-0.2, 0) is 14.3 Å². The highest BCUT2D eigenvalue weighted by Gasteiger charge is 2.23. The fourth-order valence-electron chi connectivity index (χ4n) is 1.86. The summed E-state index contributed by atoms with van der Waals surface area (Å²) >= 11 is 0. The number of hydrogen-bond acceptors (Lipinski definition) is 6. The van der Waals surface area contributed by atoms with E-state index in [1.807, 2.05) is 0 Å². The molecule has 23 heavy (non-hydrogen) atoms. The van der Waals surface area contributed by atoms with Crippen LogP contribution in [0.2, 0.25) is 0 Å². The van der Waals surface area contributed by atoms with E-state index in [0.717, 1.165) is 0 Å². The fraction of sp³-hybridized carbons (Fsp3) is 0.562. The molecule has 1 amide bonds. The van der Waals surface area contributed by atoms with E-state index < -0.39 is 23.7 Å². The second-order valence-electron chi connectivity index (χ2n) is 6.06. The molecule has 0 aliphatic carbocycles. The average Bonchev–Trinajstić information content (AvgIpc) is 2.96. The largest absolute Gasteiger partial charge is 0.469 e. The van der Waals surface area contributed by atoms with Crippen molar-refractivity contribution in [2.45, 2.75) is 51.7 Å². The van der Waals surface area contributed by atoms with E-state index in [4.69, 9.17) is 9.15 Å². The number of esters is 1. The molecule has 0 aliphatic heterocycles. The van der Waals surface area contributed by atoms with Gasteiger partial charge in [-0.3, -0.25) is 9.59 Å². The summed E-state index contributed by atoms with van der Waals surface area (Å²) in [5, 5.41) is 2.61. The zero-order chi connectivity index (χ0) is 17.5. The van der Waals surface area contributed by atoms with Gasteiger partial charge in [-0.1, -0.05) is 0 Å². The van der Waals surface area contributed by atoms with Crippen LogP contribution in [0.4, 0.5) is 4.79 Å². The minimum atomic E-state index is -0.651. The second-order valence-corrected chi connectivity index (χ2v) is 6.06. The standard InChI is InChI=1S/C16H23NO6/c1-16(2,3)23-15(20)17-11(7-8-14(19)21-4)10-12(18)13-6-5-9-22-13/h5-6,9,11H,7-8,10H2,1-4H3,(H,17,20)/t11-/m1/s1. The van der Waals surface area contributed by atoms with Crippen LogP contribution < -0.4 is 5.32 Å². The highest BCUT2D eigenvalue weighted by Crippen LogP contribution is 2.12. The van der Waals surface area contributed by atoms with Crippen molar-refractivity contribution < 1.29 is 28.3 Å². The van der Waals surface area contributed by atoms with Crippen LogP contribution in [0.25, 0.3) is 0 Å². The molecule has 0 saturated carbocycles.